The van der Waals surface area contributed by atoms with Crippen LogP contribution < -0.4 is 0 Å². The normalized spacial score (nSPS) is 9.18. The van der Waals surface area contributed by atoms with Crippen molar-refractivity contribution in [3.05, 3.63) is 42.5 Å². The Bertz CT molecular complexity index is 229. The van der Waals surface area contributed by atoms with E-state index < -0.39 is 0 Å². The Kier molecular flexibility index (Phi) is 2.66. The Morgan fingerprint density at radius 1 is 1.36 bits per heavy atom. The van der Waals surface area contributed by atoms with Gasteiger partial charge < -0.3 is 4.74 Å². The van der Waals surface area contributed by atoms with Crippen LogP contribution in [0.3, 0.4) is 0 Å². The highest BCUT2D eigenvalue weighted by Crippen LogP contribution is 2.02. The van der Waals surface area contributed by atoms with E-state index in [-0.39, 0.29) is 5.97 Å². The van der Waals surface area contributed by atoms with Gasteiger partial charge in [-0.1, -0.05) is 30.3 Å². The fourth-order valence-electron chi connectivity index (χ4n) is 0.683. The second-order valence-corrected chi connectivity index (χ2v) is 2.14. The van der Waals surface area contributed by atoms with Crippen LogP contribution >= 0.6 is 0 Å². The van der Waals surface area contributed by atoms with Gasteiger partial charge in [0.2, 0.25) is 0 Å². The van der Waals surface area contributed by atoms with E-state index in [1.54, 1.807) is 0 Å². The molecule has 11 heavy (non-hydrogen) atoms. The first kappa shape index (κ1) is 7.79. The number of carbonyl (C=O) groups excluding carboxylic acids is 1. The van der Waals surface area contributed by atoms with E-state index in [1.807, 2.05) is 30.3 Å². The zero-order valence-corrected chi connectivity index (χ0v) is 6.28. The molecular formula is C9H9O2. The van der Waals surface area contributed by atoms with Crippen LogP contribution in [0.25, 0.3) is 0 Å². The topological polar surface area (TPSA) is 26.3 Å². The molecule has 0 bridgehead atoms. The van der Waals surface area contributed by atoms with Gasteiger partial charge in [0.25, 0.3) is 0 Å². The Morgan fingerprint density at radius 2 is 2.00 bits per heavy atom. The summed E-state index contributed by atoms with van der Waals surface area (Å²) in [5.74, 6) is -0.297. The average molecular weight is 149 g/mol. The third-order valence-corrected chi connectivity index (χ3v) is 1.16. The molecule has 1 radical (unpaired) electrons. The molecule has 1 rings (SSSR count). The highest BCUT2D eigenvalue weighted by atomic mass is 16.5. The maximum atomic E-state index is 10.4. The van der Waals surface area contributed by atoms with Gasteiger partial charge in [0.05, 0.1) is 0 Å². The Balaban J connectivity index is 2.45. The van der Waals surface area contributed by atoms with Gasteiger partial charge in [-0.15, -0.1) is 0 Å². The van der Waals surface area contributed by atoms with Crippen LogP contribution in [0.1, 0.15) is 12.5 Å². The maximum absolute atomic E-state index is 10.4. The molecule has 0 saturated carbocycles. The molecule has 57 valence electrons. The van der Waals surface area contributed by atoms with Crippen molar-refractivity contribution >= 4 is 5.97 Å². The molecule has 0 N–H and O–H groups in total. The first-order valence-electron chi connectivity index (χ1n) is 3.34. The van der Waals surface area contributed by atoms with Crippen LogP contribution in [0, 0.1) is 6.61 Å². The fraction of sp³-hybridized carbons (Fsp3) is 0.111. The van der Waals surface area contributed by atoms with E-state index in [1.165, 1.54) is 13.5 Å². The molecular weight excluding hydrogens is 140 g/mol. The first-order valence-corrected chi connectivity index (χ1v) is 3.34. The number of hydrogen-bond acceptors (Lipinski definition) is 2. The van der Waals surface area contributed by atoms with Gasteiger partial charge >= 0.3 is 5.97 Å². The van der Waals surface area contributed by atoms with Crippen LogP contribution in [0.4, 0.5) is 0 Å². The van der Waals surface area contributed by atoms with Crippen molar-refractivity contribution in [1.29, 1.82) is 0 Å². The van der Waals surface area contributed by atoms with Crippen LogP contribution in [-0.4, -0.2) is 5.97 Å². The minimum absolute atomic E-state index is 0.297. The molecule has 0 spiro atoms. The second-order valence-electron chi connectivity index (χ2n) is 2.14. The van der Waals surface area contributed by atoms with E-state index in [4.69, 9.17) is 0 Å². The zero-order valence-electron chi connectivity index (χ0n) is 6.28. The number of benzene rings is 1. The van der Waals surface area contributed by atoms with E-state index in [0.29, 0.717) is 0 Å². The lowest BCUT2D eigenvalue weighted by Gasteiger charge is -1.98. The Hall–Kier alpha value is -1.31. The molecule has 1 aromatic carbocycles. The van der Waals surface area contributed by atoms with Crippen molar-refractivity contribution in [3.8, 4) is 0 Å². The van der Waals surface area contributed by atoms with Gasteiger partial charge in [0.15, 0.2) is 6.61 Å². The van der Waals surface area contributed by atoms with Gasteiger partial charge in [-0.05, 0) is 5.56 Å². The minimum atomic E-state index is -0.297. The molecule has 2 nitrogen and oxygen atoms in total. The summed E-state index contributed by atoms with van der Waals surface area (Å²) < 4.78 is 4.66. The van der Waals surface area contributed by atoms with Crippen LogP contribution in [0.15, 0.2) is 30.3 Å². The largest absolute Gasteiger partial charge is 0.453 e. The highest BCUT2D eigenvalue weighted by Gasteiger charge is 1.94. The number of ether oxygens (including phenoxy) is 1. The summed E-state index contributed by atoms with van der Waals surface area (Å²) >= 11 is 0. The van der Waals surface area contributed by atoms with E-state index in [0.717, 1.165) is 5.56 Å². The lowest BCUT2D eigenvalue weighted by Crippen LogP contribution is -1.95. The van der Waals surface area contributed by atoms with Gasteiger partial charge in [-0.3, -0.25) is 4.79 Å². The first-order chi connectivity index (χ1) is 5.29. The lowest BCUT2D eigenvalue weighted by atomic mass is 10.2. The van der Waals surface area contributed by atoms with E-state index in [2.05, 4.69) is 4.74 Å². The quantitative estimate of drug-likeness (QED) is 0.599. The van der Waals surface area contributed by atoms with Gasteiger partial charge in [-0.25, -0.2) is 0 Å². The number of carbonyl (C=O) groups is 1. The molecule has 0 aliphatic heterocycles. The van der Waals surface area contributed by atoms with Crippen molar-refractivity contribution in [2.24, 2.45) is 0 Å². The number of hydrogen-bond donors (Lipinski definition) is 0. The van der Waals surface area contributed by atoms with E-state index >= 15 is 0 Å². The minimum Gasteiger partial charge on any atom is -0.453 e. The predicted molar refractivity (Wildman–Crippen MR) is 41.6 cm³/mol. The third kappa shape index (κ3) is 2.85. The molecule has 2 heteroatoms. The second kappa shape index (κ2) is 3.76. The van der Waals surface area contributed by atoms with Gasteiger partial charge in [0.1, 0.15) is 0 Å². The average Bonchev–Trinajstić information content (AvgIpc) is 2.03. The number of rotatable bonds is 2. The van der Waals surface area contributed by atoms with Gasteiger partial charge in [-0.2, -0.15) is 0 Å². The monoisotopic (exact) mass is 149 g/mol. The zero-order chi connectivity index (χ0) is 8.10. The van der Waals surface area contributed by atoms with Crippen molar-refractivity contribution in [3.63, 3.8) is 0 Å². The molecule has 1 aromatic rings. The smallest absolute Gasteiger partial charge is 0.303 e. The molecule has 0 amide bonds. The molecule has 0 aliphatic carbocycles. The van der Waals surface area contributed by atoms with Gasteiger partial charge in [0, 0.05) is 6.92 Å². The summed E-state index contributed by atoms with van der Waals surface area (Å²) in [5.41, 5.74) is 0.891. The third-order valence-electron chi connectivity index (χ3n) is 1.16. The molecule has 0 unspecified atom stereocenters. The van der Waals surface area contributed by atoms with Crippen molar-refractivity contribution in [2.75, 3.05) is 0 Å². The Morgan fingerprint density at radius 3 is 2.55 bits per heavy atom. The van der Waals surface area contributed by atoms with Crippen molar-refractivity contribution in [1.82, 2.24) is 0 Å². The fourth-order valence-corrected chi connectivity index (χ4v) is 0.683. The highest BCUT2D eigenvalue weighted by molar-refractivity contribution is 5.66. The Labute approximate surface area is 65.8 Å². The molecule has 0 aromatic heterocycles. The lowest BCUT2D eigenvalue weighted by molar-refractivity contribution is -0.137. The van der Waals surface area contributed by atoms with Crippen molar-refractivity contribution < 1.29 is 9.53 Å². The maximum Gasteiger partial charge on any atom is 0.303 e. The summed E-state index contributed by atoms with van der Waals surface area (Å²) in [7, 11) is 0. The number of esters is 1. The van der Waals surface area contributed by atoms with Crippen LogP contribution in [0.5, 0.6) is 0 Å². The molecule has 0 atom stereocenters. The molecule has 0 aliphatic rings. The van der Waals surface area contributed by atoms with E-state index in [9.17, 15) is 4.79 Å². The van der Waals surface area contributed by atoms with Crippen LogP contribution in [0.2, 0.25) is 0 Å². The molecule has 0 heterocycles. The summed E-state index contributed by atoms with van der Waals surface area (Å²) in [6, 6.07) is 9.40. The summed E-state index contributed by atoms with van der Waals surface area (Å²) in [5, 5.41) is 0. The molecule has 0 saturated heterocycles. The summed E-state index contributed by atoms with van der Waals surface area (Å²) in [6.07, 6.45) is 0. The van der Waals surface area contributed by atoms with Crippen molar-refractivity contribution in [2.45, 2.75) is 6.92 Å². The SMILES string of the molecule is CC(=O)O[CH]c1ccccc1. The summed E-state index contributed by atoms with van der Waals surface area (Å²) in [4.78, 5) is 10.4. The molecule has 0 fully saturated rings. The summed E-state index contributed by atoms with van der Waals surface area (Å²) in [6.45, 7) is 2.81. The predicted octanol–water partition coefficient (Wildman–Crippen LogP) is 1.76. The van der Waals surface area contributed by atoms with Crippen LogP contribution in [-0.2, 0) is 9.53 Å². The standard InChI is InChI=1S/C9H9O2/c1-8(10)11-7-9-5-3-2-4-6-9/h2-7H,1H3.